The number of rotatable bonds is 5. The van der Waals surface area contributed by atoms with E-state index in [0.717, 1.165) is 31.7 Å². The van der Waals surface area contributed by atoms with Crippen LogP contribution in [0.4, 0.5) is 0 Å². The fraction of sp³-hybridized carbons (Fsp3) is 0.571. The van der Waals surface area contributed by atoms with E-state index in [1.807, 2.05) is 20.8 Å². The number of carbonyl (C=O) groups excluding carboxylic acids is 3. The molecule has 3 amide bonds. The maximum absolute atomic E-state index is 13.5. The van der Waals surface area contributed by atoms with Crippen molar-refractivity contribution < 1.29 is 18.8 Å². The summed E-state index contributed by atoms with van der Waals surface area (Å²) >= 11 is 0. The highest BCUT2D eigenvalue weighted by Gasteiger charge is 2.48. The summed E-state index contributed by atoms with van der Waals surface area (Å²) in [5.74, 6) is -0.500. The highest BCUT2D eigenvalue weighted by molar-refractivity contribution is 5.95. The predicted molar refractivity (Wildman–Crippen MR) is 138 cm³/mol. The molecule has 2 aromatic rings. The molecule has 1 aliphatic heterocycles. The smallest absolute Gasteiger partial charge is 0.287 e. The molecule has 8 nitrogen and oxygen atoms in total. The molecule has 8 heteroatoms. The van der Waals surface area contributed by atoms with Crippen LogP contribution >= 0.6 is 0 Å². The van der Waals surface area contributed by atoms with Crippen molar-refractivity contribution in [3.63, 3.8) is 0 Å². The summed E-state index contributed by atoms with van der Waals surface area (Å²) in [4.78, 5) is 53.0. The Bertz CT molecular complexity index is 1180. The largest absolute Gasteiger partial charge is 0.451 e. The molecule has 0 unspecified atom stereocenters. The van der Waals surface area contributed by atoms with Crippen molar-refractivity contribution in [2.24, 2.45) is 11.3 Å². The van der Waals surface area contributed by atoms with E-state index in [1.54, 1.807) is 29.2 Å². The molecule has 0 radical (unpaired) electrons. The molecule has 36 heavy (non-hydrogen) atoms. The minimum atomic E-state index is -0.607. The van der Waals surface area contributed by atoms with Gasteiger partial charge in [0.05, 0.1) is 17.3 Å². The summed E-state index contributed by atoms with van der Waals surface area (Å²) in [5, 5.41) is 6.19. The number of benzene rings is 1. The highest BCUT2D eigenvalue weighted by Crippen LogP contribution is 2.46. The van der Waals surface area contributed by atoms with Crippen LogP contribution in [0.2, 0.25) is 0 Å². The van der Waals surface area contributed by atoms with Crippen LogP contribution in [0.25, 0.3) is 11.0 Å². The lowest BCUT2D eigenvalue weighted by atomic mass is 9.63. The second-order valence-electron chi connectivity index (χ2n) is 11.2. The van der Waals surface area contributed by atoms with E-state index in [-0.39, 0.29) is 35.1 Å². The normalized spacial score (nSPS) is 18.6. The highest BCUT2D eigenvalue weighted by atomic mass is 16.3. The Balaban J connectivity index is 1.38. The van der Waals surface area contributed by atoms with Gasteiger partial charge in [-0.15, -0.1) is 0 Å². The standard InChI is InChI=1S/C28H37N3O5/c1-27(2,3)30-26(35)28(19-9-5-4-6-10-19)13-15-31(16-14-28)24(33)18-29-25(34)23-17-21(32)20-11-7-8-12-22(20)36-23/h7-8,11-12,17,19H,4-6,9-10,13-16,18H2,1-3H3,(H,29,34)(H,30,35). The number of piperidine rings is 1. The second-order valence-corrected chi connectivity index (χ2v) is 11.2. The molecular formula is C28H37N3O5. The lowest BCUT2D eigenvalue weighted by Crippen LogP contribution is -2.57. The average molecular weight is 496 g/mol. The summed E-state index contributed by atoms with van der Waals surface area (Å²) in [6.45, 7) is 6.76. The Morgan fingerprint density at radius 2 is 1.72 bits per heavy atom. The first kappa shape index (κ1) is 25.9. The van der Waals surface area contributed by atoms with Gasteiger partial charge in [0, 0.05) is 24.7 Å². The lowest BCUT2D eigenvalue weighted by Gasteiger charge is -2.47. The van der Waals surface area contributed by atoms with Gasteiger partial charge in [0.1, 0.15) is 5.58 Å². The van der Waals surface area contributed by atoms with Crippen LogP contribution < -0.4 is 16.1 Å². The zero-order valence-corrected chi connectivity index (χ0v) is 21.5. The number of likely N-dealkylation sites (tertiary alicyclic amines) is 1. The Hall–Kier alpha value is -3.16. The van der Waals surface area contributed by atoms with Crippen molar-refractivity contribution in [2.75, 3.05) is 19.6 Å². The van der Waals surface area contributed by atoms with Gasteiger partial charge >= 0.3 is 0 Å². The molecule has 2 aliphatic rings. The summed E-state index contributed by atoms with van der Waals surface area (Å²) in [6, 6.07) is 7.86. The molecular weight excluding hydrogens is 458 g/mol. The fourth-order valence-electron chi connectivity index (χ4n) is 5.67. The zero-order valence-electron chi connectivity index (χ0n) is 21.5. The monoisotopic (exact) mass is 495 g/mol. The average Bonchev–Trinajstić information content (AvgIpc) is 2.86. The first-order valence-electron chi connectivity index (χ1n) is 13.0. The van der Waals surface area contributed by atoms with Crippen LogP contribution in [0.5, 0.6) is 0 Å². The first-order valence-corrected chi connectivity index (χ1v) is 13.0. The number of carbonyl (C=O) groups is 3. The molecule has 2 fully saturated rings. The van der Waals surface area contributed by atoms with Gasteiger partial charge in [0.15, 0.2) is 11.2 Å². The third kappa shape index (κ3) is 5.63. The van der Waals surface area contributed by atoms with Crippen LogP contribution in [0.1, 0.15) is 76.3 Å². The molecule has 1 aliphatic carbocycles. The Morgan fingerprint density at radius 3 is 2.39 bits per heavy atom. The Labute approximate surface area is 211 Å². The molecule has 0 spiro atoms. The molecule has 1 aromatic heterocycles. The van der Waals surface area contributed by atoms with Gasteiger partial charge in [-0.2, -0.15) is 0 Å². The molecule has 1 saturated carbocycles. The topological polar surface area (TPSA) is 109 Å². The summed E-state index contributed by atoms with van der Waals surface area (Å²) in [7, 11) is 0. The van der Waals surface area contributed by atoms with Gasteiger partial charge < -0.3 is 20.0 Å². The maximum atomic E-state index is 13.5. The van der Waals surface area contributed by atoms with E-state index in [2.05, 4.69) is 10.6 Å². The quantitative estimate of drug-likeness (QED) is 0.659. The predicted octanol–water partition coefficient (Wildman–Crippen LogP) is 3.63. The third-order valence-corrected chi connectivity index (χ3v) is 7.59. The number of amides is 3. The van der Waals surface area contributed by atoms with E-state index in [0.29, 0.717) is 42.8 Å². The summed E-state index contributed by atoms with van der Waals surface area (Å²) in [5.41, 5.74) is -0.752. The van der Waals surface area contributed by atoms with E-state index in [9.17, 15) is 19.2 Å². The Kier molecular flexibility index (Phi) is 7.52. The van der Waals surface area contributed by atoms with Gasteiger partial charge in [-0.1, -0.05) is 31.4 Å². The zero-order chi connectivity index (χ0) is 25.9. The van der Waals surface area contributed by atoms with Crippen molar-refractivity contribution in [3.05, 3.63) is 46.3 Å². The minimum Gasteiger partial charge on any atom is -0.451 e. The number of hydrogen-bond acceptors (Lipinski definition) is 5. The maximum Gasteiger partial charge on any atom is 0.287 e. The SMILES string of the molecule is CC(C)(C)NC(=O)C1(C2CCCCC2)CCN(C(=O)CNC(=O)c2cc(=O)c3ccccc3o2)CC1. The van der Waals surface area contributed by atoms with E-state index in [1.165, 1.54) is 6.42 Å². The number of para-hydroxylation sites is 1. The molecule has 0 atom stereocenters. The second kappa shape index (κ2) is 10.4. The van der Waals surface area contributed by atoms with Crippen LogP contribution in [0.3, 0.4) is 0 Å². The number of nitrogens with zero attached hydrogens (tertiary/aromatic N) is 1. The molecule has 0 bridgehead atoms. The minimum absolute atomic E-state index is 0.105. The summed E-state index contributed by atoms with van der Waals surface area (Å²) < 4.78 is 5.56. The van der Waals surface area contributed by atoms with Gasteiger partial charge in [-0.25, -0.2) is 0 Å². The molecule has 4 rings (SSSR count). The van der Waals surface area contributed by atoms with Crippen LogP contribution in [-0.4, -0.2) is 47.8 Å². The molecule has 1 saturated heterocycles. The molecule has 1 aromatic carbocycles. The van der Waals surface area contributed by atoms with Crippen LogP contribution in [0.15, 0.2) is 39.5 Å². The van der Waals surface area contributed by atoms with E-state index < -0.39 is 11.3 Å². The lowest BCUT2D eigenvalue weighted by molar-refractivity contribution is -0.145. The van der Waals surface area contributed by atoms with Crippen molar-refractivity contribution >= 4 is 28.7 Å². The molecule has 2 N–H and O–H groups in total. The van der Waals surface area contributed by atoms with E-state index in [4.69, 9.17) is 4.42 Å². The number of hydrogen-bond donors (Lipinski definition) is 2. The Morgan fingerprint density at radius 1 is 1.06 bits per heavy atom. The number of nitrogens with one attached hydrogen (secondary N) is 2. The third-order valence-electron chi connectivity index (χ3n) is 7.59. The van der Waals surface area contributed by atoms with Crippen molar-refractivity contribution in [1.29, 1.82) is 0 Å². The van der Waals surface area contributed by atoms with Crippen molar-refractivity contribution in [2.45, 2.75) is 71.3 Å². The number of fused-ring (bicyclic) bond motifs is 1. The van der Waals surface area contributed by atoms with Gasteiger partial charge in [0.2, 0.25) is 11.8 Å². The van der Waals surface area contributed by atoms with Gasteiger partial charge in [-0.05, 0) is 64.5 Å². The van der Waals surface area contributed by atoms with Crippen molar-refractivity contribution in [3.8, 4) is 0 Å². The van der Waals surface area contributed by atoms with Gasteiger partial charge in [-0.3, -0.25) is 19.2 Å². The van der Waals surface area contributed by atoms with Crippen molar-refractivity contribution in [1.82, 2.24) is 15.5 Å². The molecule has 194 valence electrons. The fourth-order valence-corrected chi connectivity index (χ4v) is 5.67. The first-order chi connectivity index (χ1) is 17.1. The van der Waals surface area contributed by atoms with E-state index >= 15 is 0 Å². The van der Waals surface area contributed by atoms with Crippen LogP contribution in [0, 0.1) is 11.3 Å². The van der Waals surface area contributed by atoms with Crippen LogP contribution in [-0.2, 0) is 9.59 Å². The van der Waals surface area contributed by atoms with Gasteiger partial charge in [0.25, 0.3) is 5.91 Å². The molecule has 2 heterocycles. The summed E-state index contributed by atoms with van der Waals surface area (Å²) in [6.07, 6.45) is 6.87.